The number of rotatable bonds is 6. The third-order valence-corrected chi connectivity index (χ3v) is 6.10. The number of thiophene rings is 1. The van der Waals surface area contributed by atoms with Gasteiger partial charge in [0, 0.05) is 36.1 Å². The fourth-order valence-electron chi connectivity index (χ4n) is 3.34. The van der Waals surface area contributed by atoms with Crippen LogP contribution in [-0.2, 0) is 9.59 Å². The van der Waals surface area contributed by atoms with Gasteiger partial charge in [-0.1, -0.05) is 23.7 Å². The Labute approximate surface area is 178 Å². The summed E-state index contributed by atoms with van der Waals surface area (Å²) < 4.78 is 0. The van der Waals surface area contributed by atoms with E-state index in [4.69, 9.17) is 17.3 Å². The molecule has 0 saturated carbocycles. The van der Waals surface area contributed by atoms with E-state index < -0.39 is 11.9 Å². The summed E-state index contributed by atoms with van der Waals surface area (Å²) in [7, 11) is 0. The monoisotopic (exact) mass is 434 g/mol. The first kappa shape index (κ1) is 21.3. The minimum atomic E-state index is -0.564. The SMILES string of the molecule is Cc1ccc(C(=O)NCC(=O)N2CCN([C@@H](C(N)=O)c3ccc(Cl)cc3)CC2)s1. The van der Waals surface area contributed by atoms with Gasteiger partial charge in [0.2, 0.25) is 11.8 Å². The lowest BCUT2D eigenvalue weighted by Gasteiger charge is -2.38. The summed E-state index contributed by atoms with van der Waals surface area (Å²) in [6.07, 6.45) is 0. The molecule has 7 nitrogen and oxygen atoms in total. The largest absolute Gasteiger partial charge is 0.368 e. The first-order chi connectivity index (χ1) is 13.8. The number of primary amides is 1. The molecule has 1 aliphatic heterocycles. The number of nitrogens with two attached hydrogens (primary N) is 1. The molecule has 29 heavy (non-hydrogen) atoms. The number of aryl methyl sites for hydroxylation is 1. The number of benzene rings is 1. The summed E-state index contributed by atoms with van der Waals surface area (Å²) >= 11 is 7.32. The topological polar surface area (TPSA) is 95.7 Å². The fourth-order valence-corrected chi connectivity index (χ4v) is 4.25. The molecule has 1 saturated heterocycles. The van der Waals surface area contributed by atoms with Gasteiger partial charge in [-0.15, -0.1) is 11.3 Å². The van der Waals surface area contributed by atoms with Gasteiger partial charge in [0.25, 0.3) is 5.91 Å². The predicted octanol–water partition coefficient (Wildman–Crippen LogP) is 1.81. The van der Waals surface area contributed by atoms with E-state index >= 15 is 0 Å². The average Bonchev–Trinajstić information content (AvgIpc) is 3.14. The Hall–Kier alpha value is -2.42. The minimum Gasteiger partial charge on any atom is -0.368 e. The van der Waals surface area contributed by atoms with Gasteiger partial charge in [-0.25, -0.2) is 0 Å². The lowest BCUT2D eigenvalue weighted by atomic mass is 10.0. The molecule has 3 rings (SSSR count). The fraction of sp³-hybridized carbons (Fsp3) is 0.350. The van der Waals surface area contributed by atoms with E-state index in [0.717, 1.165) is 10.4 Å². The highest BCUT2D eigenvalue weighted by atomic mass is 35.5. The molecule has 154 valence electrons. The molecular formula is C20H23ClN4O3S. The van der Waals surface area contributed by atoms with E-state index in [2.05, 4.69) is 5.32 Å². The molecule has 9 heteroatoms. The number of carbonyl (C=O) groups excluding carboxylic acids is 3. The van der Waals surface area contributed by atoms with Crippen molar-refractivity contribution in [3.63, 3.8) is 0 Å². The second-order valence-corrected chi connectivity index (χ2v) is 8.59. The maximum absolute atomic E-state index is 12.4. The molecule has 3 amide bonds. The average molecular weight is 435 g/mol. The molecule has 0 spiro atoms. The smallest absolute Gasteiger partial charge is 0.261 e. The summed E-state index contributed by atoms with van der Waals surface area (Å²) in [6, 6.07) is 10.1. The predicted molar refractivity (Wildman–Crippen MR) is 113 cm³/mol. The molecule has 0 bridgehead atoms. The zero-order valence-electron chi connectivity index (χ0n) is 16.1. The van der Waals surface area contributed by atoms with Gasteiger partial charge in [-0.05, 0) is 36.8 Å². The molecule has 1 aliphatic rings. The lowest BCUT2D eigenvalue weighted by molar-refractivity contribution is -0.133. The summed E-state index contributed by atoms with van der Waals surface area (Å²) in [6.45, 7) is 3.83. The Kier molecular flexibility index (Phi) is 6.89. The highest BCUT2D eigenvalue weighted by Gasteiger charge is 2.30. The summed E-state index contributed by atoms with van der Waals surface area (Å²) in [5, 5.41) is 3.26. The quantitative estimate of drug-likeness (QED) is 0.724. The first-order valence-electron chi connectivity index (χ1n) is 9.26. The van der Waals surface area contributed by atoms with E-state index in [1.165, 1.54) is 11.3 Å². The van der Waals surface area contributed by atoms with Crippen LogP contribution in [0.15, 0.2) is 36.4 Å². The first-order valence-corrected chi connectivity index (χ1v) is 10.5. The van der Waals surface area contributed by atoms with Gasteiger partial charge in [0.1, 0.15) is 6.04 Å². The van der Waals surface area contributed by atoms with E-state index in [0.29, 0.717) is 36.1 Å². The maximum atomic E-state index is 12.4. The van der Waals surface area contributed by atoms with Gasteiger partial charge >= 0.3 is 0 Å². The summed E-state index contributed by atoms with van der Waals surface area (Å²) in [5.41, 5.74) is 6.41. The number of piperazine rings is 1. The third-order valence-electron chi connectivity index (χ3n) is 4.85. The van der Waals surface area contributed by atoms with Crippen molar-refractivity contribution >= 4 is 40.7 Å². The zero-order chi connectivity index (χ0) is 21.0. The van der Waals surface area contributed by atoms with Gasteiger partial charge in [-0.2, -0.15) is 0 Å². The van der Waals surface area contributed by atoms with E-state index in [-0.39, 0.29) is 18.4 Å². The molecule has 1 atom stereocenters. The minimum absolute atomic E-state index is 0.0494. The molecule has 0 radical (unpaired) electrons. The van der Waals surface area contributed by atoms with Crippen LogP contribution in [-0.4, -0.2) is 60.2 Å². The van der Waals surface area contributed by atoms with Crippen molar-refractivity contribution < 1.29 is 14.4 Å². The number of amides is 3. The second kappa shape index (κ2) is 9.39. The second-order valence-electron chi connectivity index (χ2n) is 6.87. The summed E-state index contributed by atoms with van der Waals surface area (Å²) in [5.74, 6) is -0.828. The van der Waals surface area contributed by atoms with Crippen LogP contribution >= 0.6 is 22.9 Å². The Morgan fingerprint density at radius 3 is 2.31 bits per heavy atom. The highest BCUT2D eigenvalue weighted by Crippen LogP contribution is 2.23. The van der Waals surface area contributed by atoms with Gasteiger partial charge < -0.3 is 16.0 Å². The number of nitrogens with zero attached hydrogens (tertiary/aromatic N) is 2. The van der Waals surface area contributed by atoms with Crippen LogP contribution in [0.2, 0.25) is 5.02 Å². The van der Waals surface area contributed by atoms with Gasteiger partial charge in [0.05, 0.1) is 11.4 Å². The Morgan fingerprint density at radius 2 is 1.76 bits per heavy atom. The number of halogens is 1. The van der Waals surface area contributed by atoms with Crippen molar-refractivity contribution in [2.45, 2.75) is 13.0 Å². The van der Waals surface area contributed by atoms with Crippen molar-refractivity contribution in [3.05, 3.63) is 56.7 Å². The van der Waals surface area contributed by atoms with Crippen LogP contribution in [0.3, 0.4) is 0 Å². The standard InChI is InChI=1S/C20H23ClN4O3S/c1-13-2-7-16(29-13)20(28)23-12-17(26)24-8-10-25(11-9-24)18(19(22)27)14-3-5-15(21)6-4-14/h2-7,18H,8-12H2,1H3,(H2,22,27)(H,23,28)/t18-/m1/s1. The lowest BCUT2D eigenvalue weighted by Crippen LogP contribution is -2.53. The maximum Gasteiger partial charge on any atom is 0.261 e. The van der Waals surface area contributed by atoms with Crippen LogP contribution in [0.5, 0.6) is 0 Å². The van der Waals surface area contributed by atoms with Crippen molar-refractivity contribution in [3.8, 4) is 0 Å². The normalized spacial score (nSPS) is 15.7. The number of hydrogen-bond donors (Lipinski definition) is 2. The van der Waals surface area contributed by atoms with E-state index in [1.54, 1.807) is 35.2 Å². The zero-order valence-corrected chi connectivity index (χ0v) is 17.6. The van der Waals surface area contributed by atoms with Crippen molar-refractivity contribution in [1.82, 2.24) is 15.1 Å². The number of carbonyl (C=O) groups is 3. The van der Waals surface area contributed by atoms with Crippen LogP contribution in [0.1, 0.15) is 26.2 Å². The Bertz CT molecular complexity index is 891. The Morgan fingerprint density at radius 1 is 1.10 bits per heavy atom. The highest BCUT2D eigenvalue weighted by molar-refractivity contribution is 7.13. The van der Waals surface area contributed by atoms with Gasteiger partial charge in [-0.3, -0.25) is 19.3 Å². The molecular weight excluding hydrogens is 412 g/mol. The molecule has 0 unspecified atom stereocenters. The molecule has 0 aliphatic carbocycles. The van der Waals surface area contributed by atoms with Crippen LogP contribution in [0, 0.1) is 6.92 Å². The molecule has 2 heterocycles. The molecule has 1 aromatic carbocycles. The van der Waals surface area contributed by atoms with Gasteiger partial charge in [0.15, 0.2) is 0 Å². The van der Waals surface area contributed by atoms with Crippen molar-refractivity contribution in [2.75, 3.05) is 32.7 Å². The molecule has 1 fully saturated rings. The number of nitrogens with one attached hydrogen (secondary N) is 1. The molecule has 1 aromatic heterocycles. The van der Waals surface area contributed by atoms with Crippen LogP contribution < -0.4 is 11.1 Å². The summed E-state index contributed by atoms with van der Waals surface area (Å²) in [4.78, 5) is 41.9. The number of hydrogen-bond acceptors (Lipinski definition) is 5. The van der Waals surface area contributed by atoms with Crippen LogP contribution in [0.25, 0.3) is 0 Å². The van der Waals surface area contributed by atoms with Crippen molar-refractivity contribution in [2.24, 2.45) is 5.73 Å². The van der Waals surface area contributed by atoms with E-state index in [9.17, 15) is 14.4 Å². The Balaban J connectivity index is 1.53. The van der Waals surface area contributed by atoms with Crippen LogP contribution in [0.4, 0.5) is 0 Å². The van der Waals surface area contributed by atoms with E-state index in [1.807, 2.05) is 17.9 Å². The molecule has 3 N–H and O–H groups in total. The molecule has 2 aromatic rings. The third kappa shape index (κ3) is 5.35. The van der Waals surface area contributed by atoms with Crippen molar-refractivity contribution in [1.29, 1.82) is 0 Å².